The molecule has 2 nitrogen and oxygen atoms in total. The van der Waals surface area contributed by atoms with Crippen LogP contribution in [0.3, 0.4) is 0 Å². The lowest BCUT2D eigenvalue weighted by atomic mass is 9.78. The molecular formula is C16H23Cl2NO. The summed E-state index contributed by atoms with van der Waals surface area (Å²) >= 11 is 12.3. The van der Waals surface area contributed by atoms with Gasteiger partial charge in [0.1, 0.15) is 5.75 Å². The molecule has 0 atom stereocenters. The Hall–Kier alpha value is -0.440. The summed E-state index contributed by atoms with van der Waals surface area (Å²) in [6, 6.07) is 5.72. The largest absolute Gasteiger partial charge is 0.496 e. The van der Waals surface area contributed by atoms with Crippen molar-refractivity contribution in [3.05, 3.63) is 28.8 Å². The van der Waals surface area contributed by atoms with Crippen LogP contribution in [-0.2, 0) is 6.54 Å². The first-order chi connectivity index (χ1) is 9.58. The summed E-state index contributed by atoms with van der Waals surface area (Å²) in [5.41, 5.74) is 1.14. The van der Waals surface area contributed by atoms with Gasteiger partial charge in [-0.25, -0.2) is 0 Å². The highest BCUT2D eigenvalue weighted by Gasteiger charge is 2.33. The second-order valence-corrected chi connectivity index (χ2v) is 6.61. The molecule has 0 bridgehead atoms. The van der Waals surface area contributed by atoms with Crippen LogP contribution in [-0.4, -0.2) is 18.5 Å². The van der Waals surface area contributed by atoms with Gasteiger partial charge in [0.25, 0.3) is 0 Å². The number of ether oxygens (including phenoxy) is 1. The quantitative estimate of drug-likeness (QED) is 0.800. The molecule has 1 aromatic carbocycles. The van der Waals surface area contributed by atoms with E-state index in [0.29, 0.717) is 5.88 Å². The summed E-state index contributed by atoms with van der Waals surface area (Å²) in [6.45, 7) is 3.06. The fourth-order valence-electron chi connectivity index (χ4n) is 2.84. The third kappa shape index (κ3) is 3.81. The van der Waals surface area contributed by atoms with Crippen molar-refractivity contribution in [3.8, 4) is 5.75 Å². The Kier molecular flexibility index (Phi) is 5.59. The predicted molar refractivity (Wildman–Crippen MR) is 85.9 cm³/mol. The predicted octanol–water partition coefficient (Wildman–Crippen LogP) is 4.63. The Morgan fingerprint density at radius 3 is 2.65 bits per heavy atom. The van der Waals surface area contributed by atoms with Gasteiger partial charge in [0, 0.05) is 28.5 Å². The zero-order valence-electron chi connectivity index (χ0n) is 12.2. The minimum atomic E-state index is 0.0569. The molecule has 112 valence electrons. The summed E-state index contributed by atoms with van der Waals surface area (Å²) in [5.74, 6) is 2.34. The van der Waals surface area contributed by atoms with Crippen LogP contribution in [0.5, 0.6) is 5.75 Å². The van der Waals surface area contributed by atoms with E-state index in [4.69, 9.17) is 27.9 Å². The van der Waals surface area contributed by atoms with Crippen LogP contribution in [0, 0.1) is 5.92 Å². The lowest BCUT2D eigenvalue weighted by molar-refractivity contribution is 0.215. The van der Waals surface area contributed by atoms with Gasteiger partial charge in [-0.15, -0.1) is 11.6 Å². The summed E-state index contributed by atoms with van der Waals surface area (Å²) in [4.78, 5) is 0. The number of halogens is 2. The van der Waals surface area contributed by atoms with E-state index < -0.39 is 0 Å². The van der Waals surface area contributed by atoms with Crippen molar-refractivity contribution in [2.75, 3.05) is 13.0 Å². The molecule has 0 amide bonds. The van der Waals surface area contributed by atoms with Crippen LogP contribution in [0.1, 0.15) is 38.2 Å². The van der Waals surface area contributed by atoms with Gasteiger partial charge >= 0.3 is 0 Å². The third-order valence-electron chi connectivity index (χ3n) is 4.38. The van der Waals surface area contributed by atoms with Crippen molar-refractivity contribution in [1.82, 2.24) is 5.32 Å². The van der Waals surface area contributed by atoms with E-state index in [-0.39, 0.29) is 5.54 Å². The van der Waals surface area contributed by atoms with Crippen molar-refractivity contribution in [1.29, 1.82) is 0 Å². The van der Waals surface area contributed by atoms with E-state index in [1.165, 1.54) is 12.8 Å². The van der Waals surface area contributed by atoms with E-state index in [9.17, 15) is 0 Å². The molecule has 0 radical (unpaired) electrons. The molecule has 1 saturated carbocycles. The number of benzene rings is 1. The van der Waals surface area contributed by atoms with Gasteiger partial charge in [-0.2, -0.15) is 0 Å². The van der Waals surface area contributed by atoms with Gasteiger partial charge in [0.05, 0.1) is 7.11 Å². The molecule has 0 unspecified atom stereocenters. The Balaban J connectivity index is 2.05. The van der Waals surface area contributed by atoms with E-state index in [1.807, 2.05) is 18.2 Å². The minimum Gasteiger partial charge on any atom is -0.496 e. The molecule has 0 heterocycles. The molecular weight excluding hydrogens is 293 g/mol. The second-order valence-electron chi connectivity index (χ2n) is 5.91. The lowest BCUT2D eigenvalue weighted by Gasteiger charge is -2.39. The van der Waals surface area contributed by atoms with Crippen molar-refractivity contribution in [2.24, 2.45) is 5.92 Å². The van der Waals surface area contributed by atoms with Gasteiger partial charge in [0.15, 0.2) is 0 Å². The molecule has 0 aromatic heterocycles. The number of hydrogen-bond acceptors (Lipinski definition) is 2. The molecule has 0 spiro atoms. The third-order valence-corrected chi connectivity index (χ3v) is 5.13. The summed E-state index contributed by atoms with van der Waals surface area (Å²) in [6.07, 6.45) is 4.76. The molecule has 2 rings (SSSR count). The molecule has 1 aliphatic carbocycles. The summed E-state index contributed by atoms with van der Waals surface area (Å²) in [7, 11) is 1.69. The van der Waals surface area contributed by atoms with Crippen LogP contribution in [0.4, 0.5) is 0 Å². The van der Waals surface area contributed by atoms with Crippen LogP contribution in [0.15, 0.2) is 18.2 Å². The Bertz CT molecular complexity index is 442. The maximum absolute atomic E-state index is 6.24. The second kappa shape index (κ2) is 7.02. The van der Waals surface area contributed by atoms with E-state index in [1.54, 1.807) is 7.11 Å². The molecule has 1 fully saturated rings. The molecule has 4 heteroatoms. The highest BCUT2D eigenvalue weighted by Crippen LogP contribution is 2.33. The van der Waals surface area contributed by atoms with E-state index in [2.05, 4.69) is 12.2 Å². The van der Waals surface area contributed by atoms with Crippen LogP contribution in [0.25, 0.3) is 0 Å². The average Bonchev–Trinajstić information content (AvgIpc) is 2.47. The van der Waals surface area contributed by atoms with Gasteiger partial charge in [0.2, 0.25) is 0 Å². The first-order valence-corrected chi connectivity index (χ1v) is 8.13. The monoisotopic (exact) mass is 315 g/mol. The SMILES string of the molecule is COc1ccc(Cl)cc1CNC1(CCl)CCC(C)CC1. The molecule has 0 saturated heterocycles. The fraction of sp³-hybridized carbons (Fsp3) is 0.625. The Labute approximate surface area is 131 Å². The Morgan fingerprint density at radius 2 is 2.05 bits per heavy atom. The van der Waals surface area contributed by atoms with Crippen molar-refractivity contribution in [3.63, 3.8) is 0 Å². The zero-order valence-corrected chi connectivity index (χ0v) is 13.7. The lowest BCUT2D eigenvalue weighted by Crippen LogP contribution is -2.49. The van der Waals surface area contributed by atoms with Crippen LogP contribution in [0.2, 0.25) is 5.02 Å². The first-order valence-electron chi connectivity index (χ1n) is 7.22. The highest BCUT2D eigenvalue weighted by atomic mass is 35.5. The smallest absolute Gasteiger partial charge is 0.123 e. The summed E-state index contributed by atoms with van der Waals surface area (Å²) in [5, 5.41) is 4.39. The fourth-order valence-corrected chi connectivity index (χ4v) is 3.40. The number of alkyl halides is 1. The zero-order chi connectivity index (χ0) is 14.6. The maximum Gasteiger partial charge on any atom is 0.123 e. The van der Waals surface area contributed by atoms with E-state index in [0.717, 1.165) is 41.6 Å². The highest BCUT2D eigenvalue weighted by molar-refractivity contribution is 6.30. The maximum atomic E-state index is 6.24. The van der Waals surface area contributed by atoms with Gasteiger partial charge < -0.3 is 10.1 Å². The number of methoxy groups -OCH3 is 1. The van der Waals surface area contributed by atoms with Crippen molar-refractivity contribution >= 4 is 23.2 Å². The number of hydrogen-bond donors (Lipinski definition) is 1. The number of nitrogens with one attached hydrogen (secondary N) is 1. The van der Waals surface area contributed by atoms with Crippen molar-refractivity contribution in [2.45, 2.75) is 44.7 Å². The molecule has 1 aromatic rings. The minimum absolute atomic E-state index is 0.0569. The van der Waals surface area contributed by atoms with Gasteiger partial charge in [-0.05, 0) is 49.8 Å². The standard InChI is InChI=1S/C16H23Cl2NO/c1-12-5-7-16(11-17,8-6-12)19-10-13-9-14(18)3-4-15(13)20-2/h3-4,9,12,19H,5-8,10-11H2,1-2H3. The number of rotatable bonds is 5. The topological polar surface area (TPSA) is 21.3 Å². The van der Waals surface area contributed by atoms with Crippen LogP contribution >= 0.6 is 23.2 Å². The van der Waals surface area contributed by atoms with Gasteiger partial charge in [-0.1, -0.05) is 18.5 Å². The summed E-state index contributed by atoms with van der Waals surface area (Å²) < 4.78 is 5.39. The molecule has 20 heavy (non-hydrogen) atoms. The molecule has 1 aliphatic rings. The van der Waals surface area contributed by atoms with Gasteiger partial charge in [-0.3, -0.25) is 0 Å². The molecule has 0 aliphatic heterocycles. The first kappa shape index (κ1) is 15.9. The average molecular weight is 316 g/mol. The normalized spacial score (nSPS) is 26.5. The molecule has 1 N–H and O–H groups in total. The van der Waals surface area contributed by atoms with E-state index >= 15 is 0 Å². The van der Waals surface area contributed by atoms with Crippen molar-refractivity contribution < 1.29 is 4.74 Å². The Morgan fingerprint density at radius 1 is 1.35 bits per heavy atom. The van der Waals surface area contributed by atoms with Crippen LogP contribution < -0.4 is 10.1 Å².